The number of aromatic nitrogens is 1. The molecule has 1 nitrogen and oxygen atoms in total. The van der Waals surface area contributed by atoms with Crippen LogP contribution in [0.1, 0.15) is 55.8 Å². The van der Waals surface area contributed by atoms with E-state index in [1.807, 2.05) is 0 Å². The van der Waals surface area contributed by atoms with Crippen molar-refractivity contribution in [1.29, 1.82) is 0 Å². The monoisotopic (exact) mass is 193 g/mol. The smallest absolute Gasteiger partial charge is 0.0179 e. The van der Waals surface area contributed by atoms with E-state index >= 15 is 0 Å². The first-order chi connectivity index (χ1) is 6.75. The average Bonchev–Trinajstić information content (AvgIpc) is 2.49. The van der Waals surface area contributed by atoms with E-state index in [0.29, 0.717) is 0 Å². The van der Waals surface area contributed by atoms with Gasteiger partial charge in [0.15, 0.2) is 0 Å². The first kappa shape index (κ1) is 11.4. The van der Waals surface area contributed by atoms with Gasteiger partial charge in [0, 0.05) is 11.9 Å². The van der Waals surface area contributed by atoms with Gasteiger partial charge in [0.25, 0.3) is 0 Å². The molecular formula is C13H23N. The van der Waals surface area contributed by atoms with Crippen LogP contribution >= 0.6 is 0 Å². The molecule has 0 aliphatic rings. The molecule has 0 bridgehead atoms. The Morgan fingerprint density at radius 3 is 2.36 bits per heavy atom. The molecule has 1 heteroatoms. The molecule has 0 atom stereocenters. The summed E-state index contributed by atoms with van der Waals surface area (Å²) in [5, 5.41) is 0. The van der Waals surface area contributed by atoms with Gasteiger partial charge in [0.2, 0.25) is 0 Å². The van der Waals surface area contributed by atoms with Gasteiger partial charge in [-0.1, -0.05) is 32.6 Å². The Balaban J connectivity index is 2.21. The molecule has 1 heterocycles. The molecule has 1 aromatic heterocycles. The molecule has 0 fully saturated rings. The third-order valence-electron chi connectivity index (χ3n) is 3.04. The Morgan fingerprint density at radius 1 is 1.07 bits per heavy atom. The van der Waals surface area contributed by atoms with Crippen LogP contribution in [0.5, 0.6) is 0 Å². The molecule has 0 saturated carbocycles. The highest BCUT2D eigenvalue weighted by Gasteiger charge is 2.02. The molecule has 1 N–H and O–H groups in total. The lowest BCUT2D eigenvalue weighted by atomic mass is 10.1. The predicted molar refractivity (Wildman–Crippen MR) is 62.7 cm³/mol. The highest BCUT2D eigenvalue weighted by atomic mass is 14.7. The average molecular weight is 193 g/mol. The van der Waals surface area contributed by atoms with Crippen LogP contribution in [0.4, 0.5) is 0 Å². The van der Waals surface area contributed by atoms with E-state index in [1.165, 1.54) is 55.3 Å². The SMILES string of the molecule is CCCCCCCc1[nH]cc(C)c1C. The van der Waals surface area contributed by atoms with Crippen LogP contribution in [0.2, 0.25) is 0 Å². The van der Waals surface area contributed by atoms with Crippen molar-refractivity contribution in [3.63, 3.8) is 0 Å². The zero-order valence-electron chi connectivity index (χ0n) is 9.82. The normalized spacial score (nSPS) is 10.8. The first-order valence-corrected chi connectivity index (χ1v) is 5.89. The maximum atomic E-state index is 3.36. The van der Waals surface area contributed by atoms with Crippen LogP contribution in [-0.2, 0) is 6.42 Å². The van der Waals surface area contributed by atoms with Crippen molar-refractivity contribution < 1.29 is 0 Å². The molecule has 0 spiro atoms. The zero-order chi connectivity index (χ0) is 10.4. The molecule has 0 aliphatic heterocycles. The van der Waals surface area contributed by atoms with Crippen molar-refractivity contribution in [2.75, 3.05) is 0 Å². The van der Waals surface area contributed by atoms with Gasteiger partial charge < -0.3 is 4.98 Å². The zero-order valence-corrected chi connectivity index (χ0v) is 9.82. The van der Waals surface area contributed by atoms with Gasteiger partial charge >= 0.3 is 0 Å². The van der Waals surface area contributed by atoms with Crippen LogP contribution in [0.15, 0.2) is 6.20 Å². The van der Waals surface area contributed by atoms with E-state index in [2.05, 4.69) is 32.0 Å². The van der Waals surface area contributed by atoms with Gasteiger partial charge in [-0.15, -0.1) is 0 Å². The number of H-pyrrole nitrogens is 1. The van der Waals surface area contributed by atoms with E-state index in [1.54, 1.807) is 0 Å². The van der Waals surface area contributed by atoms with Crippen LogP contribution in [0.3, 0.4) is 0 Å². The van der Waals surface area contributed by atoms with E-state index in [9.17, 15) is 0 Å². The highest BCUT2D eigenvalue weighted by molar-refractivity contribution is 5.28. The summed E-state index contributed by atoms with van der Waals surface area (Å²) in [7, 11) is 0. The van der Waals surface area contributed by atoms with Gasteiger partial charge in [0.1, 0.15) is 0 Å². The van der Waals surface area contributed by atoms with Gasteiger partial charge in [-0.05, 0) is 37.8 Å². The van der Waals surface area contributed by atoms with Crippen LogP contribution < -0.4 is 0 Å². The number of aryl methyl sites for hydroxylation is 2. The van der Waals surface area contributed by atoms with Crippen molar-refractivity contribution in [3.8, 4) is 0 Å². The van der Waals surface area contributed by atoms with Gasteiger partial charge in [-0.2, -0.15) is 0 Å². The number of hydrogen-bond acceptors (Lipinski definition) is 0. The fourth-order valence-corrected chi connectivity index (χ4v) is 1.81. The van der Waals surface area contributed by atoms with E-state index in [0.717, 1.165) is 0 Å². The summed E-state index contributed by atoms with van der Waals surface area (Å²) in [4.78, 5) is 3.36. The van der Waals surface area contributed by atoms with Crippen LogP contribution in [0.25, 0.3) is 0 Å². The Kier molecular flexibility index (Phi) is 4.78. The van der Waals surface area contributed by atoms with Gasteiger partial charge in [-0.3, -0.25) is 0 Å². The number of unbranched alkanes of at least 4 members (excludes halogenated alkanes) is 4. The highest BCUT2D eigenvalue weighted by Crippen LogP contribution is 2.14. The van der Waals surface area contributed by atoms with Crippen molar-refractivity contribution in [1.82, 2.24) is 4.98 Å². The second kappa shape index (κ2) is 5.90. The Labute approximate surface area is 87.9 Å². The lowest BCUT2D eigenvalue weighted by molar-refractivity contribution is 0.628. The third-order valence-corrected chi connectivity index (χ3v) is 3.04. The maximum absolute atomic E-state index is 3.36. The van der Waals surface area contributed by atoms with Crippen molar-refractivity contribution >= 4 is 0 Å². The lowest BCUT2D eigenvalue weighted by Crippen LogP contribution is -1.89. The minimum atomic E-state index is 1.23. The van der Waals surface area contributed by atoms with Crippen LogP contribution in [-0.4, -0.2) is 4.98 Å². The maximum Gasteiger partial charge on any atom is 0.0179 e. The second-order valence-corrected chi connectivity index (χ2v) is 4.24. The molecule has 1 aromatic rings. The number of rotatable bonds is 6. The summed E-state index contributed by atoms with van der Waals surface area (Å²) in [6, 6.07) is 0. The minimum absolute atomic E-state index is 1.23. The summed E-state index contributed by atoms with van der Waals surface area (Å²) in [6.45, 7) is 6.65. The number of aromatic amines is 1. The minimum Gasteiger partial charge on any atom is -0.365 e. The molecule has 0 unspecified atom stereocenters. The fourth-order valence-electron chi connectivity index (χ4n) is 1.81. The van der Waals surface area contributed by atoms with E-state index in [-0.39, 0.29) is 0 Å². The molecule has 0 saturated heterocycles. The van der Waals surface area contributed by atoms with Crippen LogP contribution in [0, 0.1) is 13.8 Å². The molecule has 0 aliphatic carbocycles. The Morgan fingerprint density at radius 2 is 1.79 bits per heavy atom. The summed E-state index contributed by atoms with van der Waals surface area (Å²) < 4.78 is 0. The quantitative estimate of drug-likeness (QED) is 0.653. The molecule has 0 amide bonds. The summed E-state index contributed by atoms with van der Waals surface area (Å²) >= 11 is 0. The molecule has 0 aromatic carbocycles. The molecule has 14 heavy (non-hydrogen) atoms. The van der Waals surface area contributed by atoms with Crippen molar-refractivity contribution in [2.24, 2.45) is 0 Å². The molecule has 1 rings (SSSR count). The Bertz CT molecular complexity index is 260. The molecule has 0 radical (unpaired) electrons. The molecule has 80 valence electrons. The topological polar surface area (TPSA) is 15.8 Å². The fraction of sp³-hybridized carbons (Fsp3) is 0.692. The predicted octanol–water partition coefficient (Wildman–Crippen LogP) is 4.14. The van der Waals surface area contributed by atoms with Gasteiger partial charge in [0.05, 0.1) is 0 Å². The van der Waals surface area contributed by atoms with Gasteiger partial charge in [-0.25, -0.2) is 0 Å². The number of nitrogens with one attached hydrogen (secondary N) is 1. The third kappa shape index (κ3) is 3.21. The second-order valence-electron chi connectivity index (χ2n) is 4.24. The Hall–Kier alpha value is -0.720. The largest absolute Gasteiger partial charge is 0.365 e. The number of hydrogen-bond donors (Lipinski definition) is 1. The lowest BCUT2D eigenvalue weighted by Gasteiger charge is -2.01. The van der Waals surface area contributed by atoms with Crippen molar-refractivity contribution in [2.45, 2.75) is 59.3 Å². The standard InChI is InChI=1S/C13H23N/c1-4-5-6-7-8-9-13-12(3)11(2)10-14-13/h10,14H,4-9H2,1-3H3. The first-order valence-electron chi connectivity index (χ1n) is 5.89. The van der Waals surface area contributed by atoms with E-state index in [4.69, 9.17) is 0 Å². The summed E-state index contributed by atoms with van der Waals surface area (Å²) in [5.41, 5.74) is 4.30. The molecular weight excluding hydrogens is 170 g/mol. The summed E-state index contributed by atoms with van der Waals surface area (Å²) in [6.07, 6.45) is 10.2. The van der Waals surface area contributed by atoms with Crippen molar-refractivity contribution in [3.05, 3.63) is 23.0 Å². The summed E-state index contributed by atoms with van der Waals surface area (Å²) in [5.74, 6) is 0. The van der Waals surface area contributed by atoms with E-state index < -0.39 is 0 Å².